The van der Waals surface area contributed by atoms with Crippen molar-refractivity contribution in [2.24, 2.45) is 4.36 Å². The normalized spacial score (nSPS) is 23.6. The first-order valence-corrected chi connectivity index (χ1v) is 12.5. The zero-order chi connectivity index (χ0) is 23.0. The number of rotatable bonds is 4. The van der Waals surface area contributed by atoms with Crippen LogP contribution in [0.3, 0.4) is 0 Å². The molecule has 1 saturated heterocycles. The summed E-state index contributed by atoms with van der Waals surface area (Å²) in [6.07, 6.45) is -0.896. The first kappa shape index (κ1) is 22.2. The molecule has 172 valence electrons. The number of halogens is 1. The molecule has 0 saturated carbocycles. The zero-order valence-corrected chi connectivity index (χ0v) is 19.5. The van der Waals surface area contributed by atoms with E-state index >= 15 is 0 Å². The fourth-order valence-electron chi connectivity index (χ4n) is 4.25. The van der Waals surface area contributed by atoms with Crippen molar-refractivity contribution < 1.29 is 18.8 Å². The van der Waals surface area contributed by atoms with Gasteiger partial charge in [-0.05, 0) is 48.5 Å². The molecule has 2 aliphatic heterocycles. The van der Waals surface area contributed by atoms with E-state index in [0.29, 0.717) is 28.0 Å². The second-order valence-electron chi connectivity index (χ2n) is 7.89. The minimum Gasteiger partial charge on any atom is -0.453 e. The van der Waals surface area contributed by atoms with Crippen LogP contribution in [0.4, 0.5) is 11.4 Å². The van der Waals surface area contributed by atoms with Gasteiger partial charge in [0, 0.05) is 12.1 Å². The Morgan fingerprint density at radius 3 is 2.21 bits per heavy atom. The molecule has 2 heterocycles. The number of nitrogens with one attached hydrogen (secondary N) is 1. The van der Waals surface area contributed by atoms with Crippen molar-refractivity contribution in [1.82, 2.24) is 4.72 Å². The molecule has 0 amide bonds. The quantitative estimate of drug-likeness (QED) is 0.573. The van der Waals surface area contributed by atoms with Crippen LogP contribution >= 0.6 is 11.6 Å². The van der Waals surface area contributed by atoms with E-state index in [2.05, 4.69) is 9.08 Å². The highest BCUT2D eigenvalue weighted by molar-refractivity contribution is 7.91. The molecule has 4 atom stereocenters. The van der Waals surface area contributed by atoms with E-state index < -0.39 is 28.1 Å². The van der Waals surface area contributed by atoms with Crippen LogP contribution in [0.5, 0.6) is 11.5 Å². The average molecular weight is 486 g/mol. The molecule has 3 aromatic carbocycles. The van der Waals surface area contributed by atoms with Gasteiger partial charge in [-0.25, -0.2) is 13.3 Å². The number of para-hydroxylation sites is 4. The first-order chi connectivity index (χ1) is 16.0. The maximum atomic E-state index is 13.6. The summed E-state index contributed by atoms with van der Waals surface area (Å²) >= 11 is 5.99. The van der Waals surface area contributed by atoms with Crippen molar-refractivity contribution in [1.29, 1.82) is 0 Å². The smallest absolute Gasteiger partial charge is 0.151 e. The summed E-state index contributed by atoms with van der Waals surface area (Å²) < 4.78 is 32.8. The molecule has 0 bridgehead atoms. The Balaban J connectivity index is 1.48. The molecular weight excluding hydrogens is 462 g/mol. The van der Waals surface area contributed by atoms with E-state index in [1.54, 1.807) is 24.3 Å². The molecule has 33 heavy (non-hydrogen) atoms. The summed E-state index contributed by atoms with van der Waals surface area (Å²) in [6, 6.07) is 21.0. The standard InChI is InChI=1S/C24H24ClN3O4S/c1-26-33(30,17-12-10-16(25)11-13-17)27-18-14-31-15-21(24(18)29)28-19-6-2-4-8-22(19)32-23-9-5-3-7-20(23)28/h2-13,18,21,24,29H,14-15H2,1H3,(H,26,27,30). The number of anilines is 2. The van der Waals surface area contributed by atoms with Gasteiger partial charge in [0.05, 0.1) is 47.7 Å². The monoisotopic (exact) mass is 485 g/mol. The van der Waals surface area contributed by atoms with E-state index in [-0.39, 0.29) is 6.61 Å². The van der Waals surface area contributed by atoms with Gasteiger partial charge in [-0.1, -0.05) is 35.9 Å². The minimum atomic E-state index is -3.00. The van der Waals surface area contributed by atoms with Crippen LogP contribution in [0.1, 0.15) is 0 Å². The molecule has 0 radical (unpaired) electrons. The molecule has 0 aliphatic carbocycles. The molecule has 9 heteroatoms. The molecule has 0 aromatic heterocycles. The van der Waals surface area contributed by atoms with Crippen molar-refractivity contribution in [2.75, 3.05) is 25.2 Å². The predicted octanol–water partition coefficient (Wildman–Crippen LogP) is 4.37. The summed E-state index contributed by atoms with van der Waals surface area (Å²) in [5.74, 6) is 1.40. The Bertz CT molecular complexity index is 1230. The second kappa shape index (κ2) is 8.96. The summed E-state index contributed by atoms with van der Waals surface area (Å²) in [4.78, 5) is 2.53. The van der Waals surface area contributed by atoms with Gasteiger partial charge < -0.3 is 19.5 Å². The SMILES string of the molecule is CN=S(=O)(NC1COCC(N2c3ccccc3Oc3ccccc32)C1O)c1ccc(Cl)cc1. The highest BCUT2D eigenvalue weighted by Gasteiger charge is 2.41. The van der Waals surface area contributed by atoms with Gasteiger partial charge in [0.1, 0.15) is 9.92 Å². The van der Waals surface area contributed by atoms with Gasteiger partial charge >= 0.3 is 0 Å². The number of fused-ring (bicyclic) bond motifs is 2. The Labute approximate surface area is 198 Å². The Morgan fingerprint density at radius 2 is 1.61 bits per heavy atom. The number of aliphatic hydroxyl groups excluding tert-OH is 1. The van der Waals surface area contributed by atoms with Gasteiger partial charge in [0.15, 0.2) is 11.5 Å². The minimum absolute atomic E-state index is 0.200. The number of aliphatic hydroxyl groups is 1. The largest absolute Gasteiger partial charge is 0.453 e. The lowest BCUT2D eigenvalue weighted by Gasteiger charge is -2.44. The average Bonchev–Trinajstić information content (AvgIpc) is 2.84. The maximum Gasteiger partial charge on any atom is 0.151 e. The van der Waals surface area contributed by atoms with Crippen molar-refractivity contribution in [3.8, 4) is 11.5 Å². The lowest BCUT2D eigenvalue weighted by Crippen LogP contribution is -2.60. The fourth-order valence-corrected chi connectivity index (χ4v) is 5.95. The van der Waals surface area contributed by atoms with Gasteiger partial charge in [-0.15, -0.1) is 0 Å². The number of hydrogen-bond acceptors (Lipinski definition) is 6. The topological polar surface area (TPSA) is 83.4 Å². The third kappa shape index (κ3) is 4.09. The summed E-state index contributed by atoms with van der Waals surface area (Å²) in [7, 11) is -1.50. The van der Waals surface area contributed by atoms with Crippen LogP contribution in [0.25, 0.3) is 0 Å². The molecule has 0 spiro atoms. The van der Waals surface area contributed by atoms with E-state index in [9.17, 15) is 9.32 Å². The van der Waals surface area contributed by atoms with Gasteiger partial charge in [0.25, 0.3) is 0 Å². The first-order valence-electron chi connectivity index (χ1n) is 10.6. The predicted molar refractivity (Wildman–Crippen MR) is 129 cm³/mol. The summed E-state index contributed by atoms with van der Waals surface area (Å²) in [6.45, 7) is 0.499. The van der Waals surface area contributed by atoms with Crippen LogP contribution in [-0.4, -0.2) is 47.8 Å². The Kier molecular flexibility index (Phi) is 6.03. The number of benzene rings is 3. The molecule has 7 nitrogen and oxygen atoms in total. The van der Waals surface area contributed by atoms with Crippen molar-refractivity contribution >= 4 is 32.9 Å². The van der Waals surface area contributed by atoms with Crippen LogP contribution in [-0.2, 0) is 14.7 Å². The number of nitrogens with zero attached hydrogens (tertiary/aromatic N) is 2. The molecule has 5 rings (SSSR count). The van der Waals surface area contributed by atoms with Crippen LogP contribution in [0, 0.1) is 0 Å². The van der Waals surface area contributed by atoms with Gasteiger partial charge in [0.2, 0.25) is 0 Å². The van der Waals surface area contributed by atoms with Crippen molar-refractivity contribution in [2.45, 2.75) is 23.1 Å². The van der Waals surface area contributed by atoms with Crippen molar-refractivity contribution in [3.63, 3.8) is 0 Å². The van der Waals surface area contributed by atoms with E-state index in [0.717, 1.165) is 11.4 Å². The highest BCUT2D eigenvalue weighted by Crippen LogP contribution is 2.48. The van der Waals surface area contributed by atoms with Crippen LogP contribution < -0.4 is 14.4 Å². The van der Waals surface area contributed by atoms with E-state index in [4.69, 9.17) is 21.1 Å². The third-order valence-electron chi connectivity index (χ3n) is 5.89. The van der Waals surface area contributed by atoms with Gasteiger partial charge in [-0.2, -0.15) is 0 Å². The van der Waals surface area contributed by atoms with Crippen LogP contribution in [0.15, 0.2) is 82.1 Å². The molecule has 1 fully saturated rings. The molecule has 2 aliphatic rings. The van der Waals surface area contributed by atoms with Crippen LogP contribution in [0.2, 0.25) is 5.02 Å². The summed E-state index contributed by atoms with van der Waals surface area (Å²) in [5.41, 5.74) is 1.67. The molecular formula is C24H24ClN3O4S. The lowest BCUT2D eigenvalue weighted by molar-refractivity contribution is -0.0242. The van der Waals surface area contributed by atoms with E-state index in [1.807, 2.05) is 53.4 Å². The Hall–Kier alpha value is -2.62. The van der Waals surface area contributed by atoms with E-state index in [1.165, 1.54) is 7.05 Å². The number of hydrogen-bond donors (Lipinski definition) is 2. The Morgan fingerprint density at radius 1 is 1.00 bits per heavy atom. The lowest BCUT2D eigenvalue weighted by atomic mass is 9.98. The summed E-state index contributed by atoms with van der Waals surface area (Å²) in [5, 5.41) is 12.0. The fraction of sp³-hybridized carbons (Fsp3) is 0.250. The molecule has 4 unspecified atom stereocenters. The van der Waals surface area contributed by atoms with Crippen molar-refractivity contribution in [3.05, 3.63) is 77.8 Å². The van der Waals surface area contributed by atoms with Gasteiger partial charge in [-0.3, -0.25) is 0 Å². The molecule has 3 aromatic rings. The highest BCUT2D eigenvalue weighted by atomic mass is 35.5. The maximum absolute atomic E-state index is 13.6. The number of ether oxygens (including phenoxy) is 2. The second-order valence-corrected chi connectivity index (χ2v) is 10.4. The zero-order valence-electron chi connectivity index (χ0n) is 17.9. The molecule has 2 N–H and O–H groups in total. The third-order valence-corrected chi connectivity index (χ3v) is 8.19.